The van der Waals surface area contributed by atoms with Crippen LogP contribution >= 0.6 is 0 Å². The molecule has 0 nitrogen and oxygen atoms in total. The summed E-state index contributed by atoms with van der Waals surface area (Å²) >= 11 is 0. The van der Waals surface area contributed by atoms with Crippen molar-refractivity contribution in [2.24, 2.45) is 0 Å². The topological polar surface area (TPSA) is 0 Å². The fourth-order valence-corrected chi connectivity index (χ4v) is 0. The molecular weight excluding hydrogens is 892 g/mol. The van der Waals surface area contributed by atoms with Crippen LogP contribution in [0.5, 0.6) is 0 Å². The molecule has 0 rings (SSSR count). The van der Waals surface area contributed by atoms with E-state index in [-0.39, 0.29) is 114 Å². The third kappa shape index (κ3) is 694. The first-order chi connectivity index (χ1) is 4.41. The largest absolute Gasteiger partial charge is 2.00 e. The van der Waals surface area contributed by atoms with Gasteiger partial charge in [0.2, 0.25) is 0 Å². The molecule has 0 unspecified atom stereocenters. The van der Waals surface area contributed by atoms with Crippen LogP contribution < -0.4 is 0 Å². The van der Waals surface area contributed by atoms with Crippen LogP contribution in [0.1, 0.15) is 64.3 Å². The van der Waals surface area contributed by atoms with Crippen molar-refractivity contribution in [1.82, 2.24) is 0 Å². The summed E-state index contributed by atoms with van der Waals surface area (Å²) in [6.45, 7) is 19.0. The molecule has 0 radical (unpaired) electrons. The minimum Gasteiger partial charge on any atom is -0.346 e. The average Bonchev–Trinajstić information content (AvgIpc) is 2.01. The van der Waals surface area contributed by atoms with Crippen molar-refractivity contribution in [3.8, 4) is 0 Å². The van der Waals surface area contributed by atoms with E-state index < -0.39 is 0 Å². The van der Waals surface area contributed by atoms with Gasteiger partial charge in [0.25, 0.3) is 0 Å². The fourth-order valence-electron chi connectivity index (χ4n) is 0. The van der Waals surface area contributed by atoms with Crippen molar-refractivity contribution < 1.29 is 84.3 Å². The van der Waals surface area contributed by atoms with Crippen LogP contribution in [0.4, 0.5) is 0 Å². The molecule has 0 bridgehead atoms. The van der Waals surface area contributed by atoms with Crippen molar-refractivity contribution >= 4 is 0 Å². The molecule has 0 saturated carbocycles. The molecule has 0 aliphatic heterocycles. The quantitative estimate of drug-likeness (QED) is 0.251. The summed E-state index contributed by atoms with van der Waals surface area (Å²) in [5, 5.41) is 0. The van der Waals surface area contributed by atoms with Gasteiger partial charge < -0.3 is 27.2 Å². The maximum Gasteiger partial charge on any atom is 2.00 e. The summed E-state index contributed by atoms with van der Waals surface area (Å²) in [5.74, 6) is 0. The fraction of sp³-hybridized carbons (Fsp3) is 0.692. The van der Waals surface area contributed by atoms with E-state index >= 15 is 0 Å². The van der Waals surface area contributed by atoms with Crippen LogP contribution in [0.25, 0.3) is 0 Å². The van der Waals surface area contributed by atoms with Gasteiger partial charge in [-0.1, -0.05) is 29.7 Å². The van der Waals surface area contributed by atoms with E-state index in [9.17, 15) is 0 Å². The Hall–Kier alpha value is 2.75. The van der Waals surface area contributed by atoms with E-state index in [4.69, 9.17) is 0 Å². The van der Waals surface area contributed by atoms with Gasteiger partial charge in [0.1, 0.15) is 0 Å². The van der Waals surface area contributed by atoms with Crippen LogP contribution in [0.2, 0.25) is 0 Å². The third-order valence-electron chi connectivity index (χ3n) is 0. The van der Waals surface area contributed by atoms with Gasteiger partial charge in [-0.25, -0.2) is 0 Å². The van der Waals surface area contributed by atoms with Gasteiger partial charge in [0, 0.05) is 42.1 Å². The Bertz CT molecular complexity index is 13.4. The van der Waals surface area contributed by atoms with Gasteiger partial charge in [-0.05, 0) is 0 Å². The average molecular weight is 930 g/mol. The maximum atomic E-state index is 3.25. The molecule has 17 heavy (non-hydrogen) atoms. The monoisotopic (exact) mass is 930 g/mol. The molecule has 114 valence electrons. The van der Waals surface area contributed by atoms with Crippen LogP contribution in [0.3, 0.4) is 0 Å². The summed E-state index contributed by atoms with van der Waals surface area (Å²) in [7, 11) is 0. The van der Waals surface area contributed by atoms with E-state index in [2.05, 4.69) is 20.8 Å². The second-order valence-corrected chi connectivity index (χ2v) is 0.577. The molecule has 0 saturated heterocycles. The van der Waals surface area contributed by atoms with Crippen LogP contribution in [-0.2, 0) is 84.3 Å². The molecule has 0 aromatic carbocycles. The van der Waals surface area contributed by atoms with Crippen molar-refractivity contribution in [1.29, 1.82) is 0 Å². The minimum absolute atomic E-state index is 0. The first kappa shape index (κ1) is 116. The predicted octanol–water partition coefficient (Wildman–Crippen LogP) is 6.29. The van der Waals surface area contributed by atoms with Gasteiger partial charge in [-0.2, -0.15) is 34.6 Å². The molecule has 4 heteroatoms. The Morgan fingerprint density at radius 2 is 0.529 bits per heavy atom. The maximum absolute atomic E-state index is 3.25. The van der Waals surface area contributed by atoms with E-state index in [1.807, 2.05) is 20.3 Å². The minimum atomic E-state index is 0. The first-order valence-corrected chi connectivity index (χ1v) is 3.28. The summed E-state index contributed by atoms with van der Waals surface area (Å²) in [6, 6.07) is 0. The Morgan fingerprint density at radius 1 is 0.529 bits per heavy atom. The van der Waals surface area contributed by atoms with E-state index in [0.29, 0.717) is 0 Å². The van der Waals surface area contributed by atoms with Gasteiger partial charge >= 0.3 is 42.1 Å². The Kier molecular flexibility index (Phi) is 2850. The second-order valence-electron chi connectivity index (χ2n) is 0.577. The molecule has 0 N–H and O–H groups in total. The van der Waals surface area contributed by atoms with Crippen molar-refractivity contribution in [3.63, 3.8) is 0 Å². The van der Waals surface area contributed by atoms with E-state index in [0.717, 1.165) is 0 Å². The van der Waals surface area contributed by atoms with E-state index in [1.54, 1.807) is 20.8 Å². The molecule has 0 aromatic rings. The van der Waals surface area contributed by atoms with Gasteiger partial charge in [-0.15, -0.1) is 0 Å². The number of hydrogen-bond donors (Lipinski definition) is 0. The standard InChI is InChI=1S/C3H7.3C2H5.4CH4.4W/c1-3-2;3*1-2;;;;;;;;/h3H,1-2H3;3*1H2,2H3;4*1H4;;;;/q4*-1;;;;;;;2*+2. The van der Waals surface area contributed by atoms with Gasteiger partial charge in [-0.3, -0.25) is 0 Å². The third-order valence-corrected chi connectivity index (χ3v) is 0. The van der Waals surface area contributed by atoms with Crippen molar-refractivity contribution in [2.45, 2.75) is 64.3 Å². The summed E-state index contributed by atoms with van der Waals surface area (Å²) < 4.78 is 0. The summed E-state index contributed by atoms with van der Waals surface area (Å²) in [5.41, 5.74) is 0. The summed E-state index contributed by atoms with van der Waals surface area (Å²) in [6.07, 6.45) is 2.00. The van der Waals surface area contributed by atoms with Crippen LogP contribution in [0, 0.1) is 27.2 Å². The van der Waals surface area contributed by atoms with Crippen LogP contribution in [0.15, 0.2) is 0 Å². The van der Waals surface area contributed by atoms with Crippen molar-refractivity contribution in [2.75, 3.05) is 0 Å². The Balaban J connectivity index is -0.00000000171. The Labute approximate surface area is 174 Å². The van der Waals surface area contributed by atoms with Gasteiger partial charge in [0.15, 0.2) is 0 Å². The zero-order valence-corrected chi connectivity index (χ0v) is 21.1. The zero-order chi connectivity index (χ0) is 8.71. The first-order valence-electron chi connectivity index (χ1n) is 3.28. The van der Waals surface area contributed by atoms with E-state index in [1.165, 1.54) is 0 Å². The molecule has 0 atom stereocenters. The van der Waals surface area contributed by atoms with Gasteiger partial charge in [0.05, 0.1) is 0 Å². The summed E-state index contributed by atoms with van der Waals surface area (Å²) in [4.78, 5) is 0. The molecule has 0 aliphatic carbocycles. The normalized spacial score (nSPS) is 2.12. The Morgan fingerprint density at radius 3 is 0.529 bits per heavy atom. The molecule has 0 amide bonds. The molecular formula is C13H38W4. The van der Waals surface area contributed by atoms with Crippen molar-refractivity contribution in [3.05, 3.63) is 27.2 Å². The zero-order valence-electron chi connectivity index (χ0n) is 9.33. The number of hydrogen-bond acceptors (Lipinski definition) is 0. The smallest absolute Gasteiger partial charge is 0.346 e. The SMILES string of the molecule is C.C.C.C.C[CH-]C.[CH2-]C.[CH2-]C.[CH2-]C.[W+2].[W+2].[W].[W]. The predicted molar refractivity (Wildman–Crippen MR) is 75.7 cm³/mol. The molecule has 0 aromatic heterocycles. The molecule has 0 fully saturated rings. The second kappa shape index (κ2) is 420. The molecule has 0 heterocycles. The van der Waals surface area contributed by atoms with Crippen LogP contribution in [-0.4, -0.2) is 0 Å². The number of rotatable bonds is 0. The molecule has 0 spiro atoms. The molecule has 0 aliphatic rings.